The molecule has 22 heavy (non-hydrogen) atoms. The van der Waals surface area contributed by atoms with E-state index in [4.69, 9.17) is 0 Å². The molecule has 5 heteroatoms. The highest BCUT2D eigenvalue weighted by Crippen LogP contribution is 2.37. The molecule has 2 saturated heterocycles. The summed E-state index contributed by atoms with van der Waals surface area (Å²) < 4.78 is 14.4. The van der Waals surface area contributed by atoms with Crippen LogP contribution in [0.15, 0.2) is 18.2 Å². The number of hydrogen-bond donors (Lipinski definition) is 1. The summed E-state index contributed by atoms with van der Waals surface area (Å²) in [5, 5.41) is 2.89. The second kappa shape index (κ2) is 5.00. The summed E-state index contributed by atoms with van der Waals surface area (Å²) in [6.45, 7) is 4.43. The predicted octanol–water partition coefficient (Wildman–Crippen LogP) is 2.15. The number of anilines is 2. The quantitative estimate of drug-likeness (QED) is 0.909. The lowest BCUT2D eigenvalue weighted by molar-refractivity contribution is -0.120. The molecule has 4 rings (SSSR count). The van der Waals surface area contributed by atoms with Gasteiger partial charge in [0.25, 0.3) is 0 Å². The van der Waals surface area contributed by atoms with Gasteiger partial charge in [-0.15, -0.1) is 0 Å². The van der Waals surface area contributed by atoms with Gasteiger partial charge in [-0.3, -0.25) is 4.79 Å². The van der Waals surface area contributed by atoms with Crippen LogP contribution in [0.1, 0.15) is 25.3 Å². The Morgan fingerprint density at radius 2 is 2.09 bits per heavy atom. The van der Waals surface area contributed by atoms with Crippen molar-refractivity contribution in [2.45, 2.75) is 31.8 Å². The Bertz CT molecular complexity index is 658. The molecule has 1 aromatic carbocycles. The normalized spacial score (nSPS) is 26.7. The number of nitrogens with one attached hydrogen (secondary N) is 1. The smallest absolute Gasteiger partial charge is 0.242 e. The molecule has 0 saturated carbocycles. The molecule has 1 aromatic rings. The molecular weight excluding hydrogens is 281 g/mol. The van der Waals surface area contributed by atoms with Crippen molar-refractivity contribution in [3.05, 3.63) is 29.6 Å². The van der Waals surface area contributed by atoms with Crippen molar-refractivity contribution in [2.24, 2.45) is 0 Å². The van der Waals surface area contributed by atoms with Gasteiger partial charge in [0.05, 0.1) is 5.69 Å². The lowest BCUT2D eigenvalue weighted by Gasteiger charge is -2.42. The summed E-state index contributed by atoms with van der Waals surface area (Å²) in [5.74, 6) is -0.0999. The molecular formula is C17H20FN3O. The molecule has 1 amide bonds. The zero-order valence-electron chi connectivity index (χ0n) is 12.7. The minimum atomic E-state index is -0.173. The van der Waals surface area contributed by atoms with Gasteiger partial charge in [0.2, 0.25) is 5.91 Å². The number of carbonyl (C=O) groups is 1. The van der Waals surface area contributed by atoms with Crippen molar-refractivity contribution in [2.75, 3.05) is 29.4 Å². The first kappa shape index (κ1) is 13.6. The summed E-state index contributed by atoms with van der Waals surface area (Å²) in [6, 6.07) is 3.77. The zero-order chi connectivity index (χ0) is 15.3. The first-order valence-electron chi connectivity index (χ1n) is 7.96. The molecule has 0 aromatic heterocycles. The maximum atomic E-state index is 14.4. The van der Waals surface area contributed by atoms with Gasteiger partial charge in [-0.05, 0) is 31.9 Å². The first-order chi connectivity index (χ1) is 10.6. The summed E-state index contributed by atoms with van der Waals surface area (Å²) in [7, 11) is 0. The largest absolute Gasteiger partial charge is 0.366 e. The molecule has 3 aliphatic rings. The number of fused-ring (bicyclic) bond motifs is 1. The van der Waals surface area contributed by atoms with Crippen LogP contribution < -0.4 is 15.1 Å². The van der Waals surface area contributed by atoms with Crippen molar-refractivity contribution in [1.29, 1.82) is 0 Å². The number of halogens is 1. The lowest BCUT2D eigenvalue weighted by Crippen LogP contribution is -2.46. The fourth-order valence-electron chi connectivity index (χ4n) is 3.61. The van der Waals surface area contributed by atoms with Crippen molar-refractivity contribution in [3.63, 3.8) is 0 Å². The minimum Gasteiger partial charge on any atom is -0.366 e. The summed E-state index contributed by atoms with van der Waals surface area (Å²) in [6.07, 6.45) is 5.86. The van der Waals surface area contributed by atoms with E-state index in [2.05, 4.69) is 22.0 Å². The average Bonchev–Trinajstić information content (AvgIpc) is 2.92. The van der Waals surface area contributed by atoms with E-state index < -0.39 is 0 Å². The summed E-state index contributed by atoms with van der Waals surface area (Å²) in [5.41, 5.74) is 2.50. The Balaban J connectivity index is 1.75. The zero-order valence-corrected chi connectivity index (χ0v) is 12.7. The van der Waals surface area contributed by atoms with Gasteiger partial charge in [0, 0.05) is 36.9 Å². The Labute approximate surface area is 129 Å². The predicted molar refractivity (Wildman–Crippen MR) is 85.6 cm³/mol. The van der Waals surface area contributed by atoms with Crippen LogP contribution in [-0.2, 0) is 4.79 Å². The minimum absolute atomic E-state index is 0.0736. The molecule has 1 N–H and O–H groups in total. The Morgan fingerprint density at radius 1 is 1.23 bits per heavy atom. The molecule has 4 nitrogen and oxygen atoms in total. The van der Waals surface area contributed by atoms with E-state index in [-0.39, 0.29) is 17.8 Å². The Hall–Kier alpha value is -2.04. The third-order valence-corrected chi connectivity index (χ3v) is 5.03. The van der Waals surface area contributed by atoms with E-state index in [0.29, 0.717) is 18.3 Å². The van der Waals surface area contributed by atoms with Crippen LogP contribution >= 0.6 is 0 Å². The van der Waals surface area contributed by atoms with Gasteiger partial charge < -0.3 is 15.1 Å². The van der Waals surface area contributed by atoms with E-state index >= 15 is 0 Å². The molecule has 0 radical (unpaired) electrons. The molecule has 2 fully saturated rings. The summed E-state index contributed by atoms with van der Waals surface area (Å²) >= 11 is 0. The molecule has 3 heterocycles. The molecule has 0 bridgehead atoms. The average molecular weight is 301 g/mol. The fraction of sp³-hybridized carbons (Fsp3) is 0.471. The Morgan fingerprint density at radius 3 is 2.73 bits per heavy atom. The van der Waals surface area contributed by atoms with Crippen LogP contribution in [0.3, 0.4) is 0 Å². The molecule has 116 valence electrons. The van der Waals surface area contributed by atoms with Crippen LogP contribution in [0, 0.1) is 5.82 Å². The Kier molecular flexibility index (Phi) is 3.10. The van der Waals surface area contributed by atoms with E-state index in [9.17, 15) is 9.18 Å². The maximum Gasteiger partial charge on any atom is 0.242 e. The van der Waals surface area contributed by atoms with E-state index in [1.807, 2.05) is 18.2 Å². The number of benzene rings is 1. The molecule has 0 unspecified atom stereocenters. The monoisotopic (exact) mass is 301 g/mol. The van der Waals surface area contributed by atoms with E-state index in [1.54, 1.807) is 6.07 Å². The van der Waals surface area contributed by atoms with Crippen LogP contribution in [0.5, 0.6) is 0 Å². The maximum absolute atomic E-state index is 14.4. The molecule has 0 spiro atoms. The number of hydrogen-bond acceptors (Lipinski definition) is 3. The van der Waals surface area contributed by atoms with E-state index in [0.717, 1.165) is 37.2 Å². The van der Waals surface area contributed by atoms with Crippen LogP contribution in [0.4, 0.5) is 15.8 Å². The highest BCUT2D eigenvalue weighted by molar-refractivity contribution is 5.89. The van der Waals surface area contributed by atoms with Gasteiger partial charge in [0.15, 0.2) is 0 Å². The van der Waals surface area contributed by atoms with Gasteiger partial charge in [-0.25, -0.2) is 4.39 Å². The first-order valence-corrected chi connectivity index (χ1v) is 7.96. The highest BCUT2D eigenvalue weighted by atomic mass is 19.1. The SMILES string of the molecule is C[C@H]1CCN1c1cc2c(cc1F)C=CCN2[C@H]1CCNC1=O. The second-order valence-electron chi connectivity index (χ2n) is 6.34. The van der Waals surface area contributed by atoms with Crippen molar-refractivity contribution in [1.82, 2.24) is 5.32 Å². The van der Waals surface area contributed by atoms with E-state index in [1.165, 1.54) is 0 Å². The number of nitrogens with zero attached hydrogens (tertiary/aromatic N) is 2. The van der Waals surface area contributed by atoms with Crippen molar-refractivity contribution >= 4 is 23.4 Å². The number of rotatable bonds is 2. The highest BCUT2D eigenvalue weighted by Gasteiger charge is 2.33. The third kappa shape index (κ3) is 1.99. The molecule has 3 aliphatic heterocycles. The van der Waals surface area contributed by atoms with Crippen LogP contribution in [-0.4, -0.2) is 37.6 Å². The summed E-state index contributed by atoms with van der Waals surface area (Å²) in [4.78, 5) is 16.2. The van der Waals surface area contributed by atoms with Crippen molar-refractivity contribution < 1.29 is 9.18 Å². The lowest BCUT2D eigenvalue weighted by atomic mass is 9.99. The van der Waals surface area contributed by atoms with Crippen LogP contribution in [0.25, 0.3) is 6.08 Å². The molecule has 0 aliphatic carbocycles. The van der Waals surface area contributed by atoms with Gasteiger partial charge >= 0.3 is 0 Å². The van der Waals surface area contributed by atoms with Gasteiger partial charge in [-0.1, -0.05) is 12.2 Å². The van der Waals surface area contributed by atoms with Gasteiger partial charge in [0.1, 0.15) is 11.9 Å². The van der Waals surface area contributed by atoms with Crippen LogP contribution in [0.2, 0.25) is 0 Å². The fourth-order valence-corrected chi connectivity index (χ4v) is 3.61. The standard InChI is InChI=1S/C17H20FN3O/c1-11-5-8-20(11)16-10-15-12(9-13(16)18)3-2-7-21(15)14-4-6-19-17(14)22/h2-3,9-11,14H,4-8H2,1H3,(H,19,22)/t11-,14-/m0/s1. The van der Waals surface area contributed by atoms with Gasteiger partial charge in [-0.2, -0.15) is 0 Å². The topological polar surface area (TPSA) is 35.6 Å². The number of amides is 1. The third-order valence-electron chi connectivity index (χ3n) is 5.03. The van der Waals surface area contributed by atoms with Crippen molar-refractivity contribution in [3.8, 4) is 0 Å². The number of carbonyl (C=O) groups excluding carboxylic acids is 1. The molecule has 2 atom stereocenters. The second-order valence-corrected chi connectivity index (χ2v) is 6.34.